The van der Waals surface area contributed by atoms with Gasteiger partial charge in [-0.25, -0.2) is 13.8 Å². The average molecular weight is 523 g/mol. The van der Waals surface area contributed by atoms with E-state index in [0.29, 0.717) is 40.5 Å². The third-order valence-electron chi connectivity index (χ3n) is 7.43. The highest BCUT2D eigenvalue weighted by Crippen LogP contribution is 2.39. The van der Waals surface area contributed by atoms with Gasteiger partial charge in [0.15, 0.2) is 11.6 Å². The number of imidazole rings is 1. The van der Waals surface area contributed by atoms with Crippen molar-refractivity contribution in [1.29, 1.82) is 0 Å². The van der Waals surface area contributed by atoms with Crippen molar-refractivity contribution >= 4 is 22.6 Å². The smallest absolute Gasteiger partial charge is 0.161 e. The quantitative estimate of drug-likeness (QED) is 0.233. The number of nitrogens with zero attached hydrogens (tertiary/aromatic N) is 2. The molecule has 6 rings (SSSR count). The Labute approximate surface area is 220 Å². The molecule has 1 heterocycles. The van der Waals surface area contributed by atoms with Crippen LogP contribution in [0.4, 0.5) is 8.78 Å². The maximum Gasteiger partial charge on any atom is 0.161 e. The molecular weight excluding hydrogens is 494 g/mol. The Hall–Kier alpha value is -3.12. The molecule has 0 saturated heterocycles. The second-order valence-corrected chi connectivity index (χ2v) is 10.6. The lowest BCUT2D eigenvalue weighted by Gasteiger charge is -2.32. The zero-order valence-electron chi connectivity index (χ0n) is 20.5. The van der Waals surface area contributed by atoms with Crippen molar-refractivity contribution in [2.75, 3.05) is 6.61 Å². The Morgan fingerprint density at radius 1 is 0.865 bits per heavy atom. The van der Waals surface area contributed by atoms with Crippen molar-refractivity contribution in [1.82, 2.24) is 9.55 Å². The minimum absolute atomic E-state index is 0.108. The summed E-state index contributed by atoms with van der Waals surface area (Å²) < 4.78 is 43.0. The molecule has 4 nitrogen and oxygen atoms in total. The molecule has 3 aromatic carbocycles. The lowest BCUT2D eigenvalue weighted by Crippen LogP contribution is -2.28. The summed E-state index contributed by atoms with van der Waals surface area (Å²) in [4.78, 5) is 4.77. The molecule has 0 N–H and O–H groups in total. The van der Waals surface area contributed by atoms with Crippen LogP contribution in [0.3, 0.4) is 0 Å². The number of aromatic nitrogens is 2. The topological polar surface area (TPSA) is 36.3 Å². The molecule has 2 saturated carbocycles. The van der Waals surface area contributed by atoms with Crippen LogP contribution < -0.4 is 9.47 Å². The van der Waals surface area contributed by atoms with Crippen LogP contribution in [-0.4, -0.2) is 22.3 Å². The Bertz CT molecular complexity index is 1380. The number of ether oxygens (including phenoxy) is 2. The molecular formula is C30H29ClF2N2O2. The van der Waals surface area contributed by atoms with Gasteiger partial charge in [-0.2, -0.15) is 0 Å². The standard InChI is InChI=1S/C30H29ClF2N2O2/c31-21-8-6-20(7-9-21)30-34-27-16-25(32)26(33)17-28(27)35(30)29(19-4-2-1-3-5-19)18-36-22-10-12-23(13-11-22)37-24-14-15-24/h6-13,16-17,19,24,29H,1-5,14-15,18H2. The second-order valence-electron chi connectivity index (χ2n) is 10.1. The highest BCUT2D eigenvalue weighted by molar-refractivity contribution is 6.30. The third-order valence-corrected chi connectivity index (χ3v) is 7.68. The predicted molar refractivity (Wildman–Crippen MR) is 141 cm³/mol. The number of halogens is 3. The van der Waals surface area contributed by atoms with Crippen molar-refractivity contribution in [3.05, 3.63) is 77.3 Å². The lowest BCUT2D eigenvalue weighted by atomic mass is 9.83. The fraction of sp³-hybridized carbons (Fsp3) is 0.367. The average Bonchev–Trinajstić information content (AvgIpc) is 3.67. The highest BCUT2D eigenvalue weighted by Gasteiger charge is 2.30. The lowest BCUT2D eigenvalue weighted by molar-refractivity contribution is 0.170. The molecule has 2 fully saturated rings. The number of hydrogen-bond acceptors (Lipinski definition) is 3. The van der Waals surface area contributed by atoms with Gasteiger partial charge >= 0.3 is 0 Å². The first-order valence-corrected chi connectivity index (χ1v) is 13.5. The number of hydrogen-bond donors (Lipinski definition) is 0. The monoisotopic (exact) mass is 522 g/mol. The minimum Gasteiger partial charge on any atom is -0.491 e. The molecule has 2 aliphatic carbocycles. The van der Waals surface area contributed by atoms with Crippen molar-refractivity contribution < 1.29 is 18.3 Å². The molecule has 0 spiro atoms. The van der Waals surface area contributed by atoms with Gasteiger partial charge in [-0.3, -0.25) is 0 Å². The third kappa shape index (κ3) is 5.30. The van der Waals surface area contributed by atoms with Gasteiger partial charge in [0, 0.05) is 22.7 Å². The molecule has 7 heteroatoms. The van der Waals surface area contributed by atoms with Crippen molar-refractivity contribution in [3.8, 4) is 22.9 Å². The first-order chi connectivity index (χ1) is 18.0. The molecule has 4 aromatic rings. The molecule has 0 bridgehead atoms. The maximum absolute atomic E-state index is 14.5. The van der Waals surface area contributed by atoms with Gasteiger partial charge in [-0.05, 0) is 80.1 Å². The summed E-state index contributed by atoms with van der Waals surface area (Å²) in [5, 5.41) is 0.616. The van der Waals surface area contributed by atoms with Gasteiger partial charge in [-0.15, -0.1) is 0 Å². The van der Waals surface area contributed by atoms with Gasteiger partial charge in [0.1, 0.15) is 23.9 Å². The molecule has 1 atom stereocenters. The molecule has 37 heavy (non-hydrogen) atoms. The normalized spacial score (nSPS) is 17.2. The summed E-state index contributed by atoms with van der Waals surface area (Å²) in [6.07, 6.45) is 8.15. The first-order valence-electron chi connectivity index (χ1n) is 13.1. The predicted octanol–water partition coefficient (Wildman–Crippen LogP) is 8.38. The van der Waals surface area contributed by atoms with Crippen LogP contribution >= 0.6 is 11.6 Å². The summed E-state index contributed by atoms with van der Waals surface area (Å²) in [5.41, 5.74) is 1.83. The number of fused-ring (bicyclic) bond motifs is 1. The summed E-state index contributed by atoms with van der Waals surface area (Å²) in [7, 11) is 0. The van der Waals surface area contributed by atoms with E-state index in [1.807, 2.05) is 36.4 Å². The van der Waals surface area contributed by atoms with Crippen LogP contribution in [0.15, 0.2) is 60.7 Å². The number of benzene rings is 3. The largest absolute Gasteiger partial charge is 0.491 e. The van der Waals surface area contributed by atoms with Gasteiger partial charge in [0.05, 0.1) is 23.2 Å². The summed E-state index contributed by atoms with van der Waals surface area (Å²) in [6, 6.07) is 17.5. The summed E-state index contributed by atoms with van der Waals surface area (Å²) in [6.45, 7) is 0.387. The van der Waals surface area contributed by atoms with E-state index in [4.69, 9.17) is 26.1 Å². The van der Waals surface area contributed by atoms with E-state index in [0.717, 1.165) is 55.6 Å². The fourth-order valence-corrected chi connectivity index (χ4v) is 5.47. The minimum atomic E-state index is -0.904. The van der Waals surface area contributed by atoms with Crippen molar-refractivity contribution in [2.24, 2.45) is 5.92 Å². The van der Waals surface area contributed by atoms with Crippen molar-refractivity contribution in [2.45, 2.75) is 57.1 Å². The Morgan fingerprint density at radius 2 is 1.54 bits per heavy atom. The van der Waals surface area contributed by atoms with Crippen LogP contribution in [0.5, 0.6) is 11.5 Å². The Balaban J connectivity index is 1.39. The molecule has 2 aliphatic rings. The zero-order valence-corrected chi connectivity index (χ0v) is 21.3. The van der Waals surface area contributed by atoms with Gasteiger partial charge in [0.2, 0.25) is 0 Å². The molecule has 0 aliphatic heterocycles. The number of rotatable bonds is 8. The molecule has 0 radical (unpaired) electrons. The van der Waals surface area contributed by atoms with Gasteiger partial charge < -0.3 is 14.0 Å². The van der Waals surface area contributed by atoms with Crippen LogP contribution in [0.25, 0.3) is 22.4 Å². The second kappa shape index (κ2) is 10.3. The Morgan fingerprint density at radius 3 is 2.24 bits per heavy atom. The Kier molecular flexibility index (Phi) is 6.76. The molecule has 0 amide bonds. The van der Waals surface area contributed by atoms with Crippen LogP contribution in [0.1, 0.15) is 51.0 Å². The van der Waals surface area contributed by atoms with E-state index >= 15 is 0 Å². The van der Waals surface area contributed by atoms with E-state index in [9.17, 15) is 8.78 Å². The first kappa shape index (κ1) is 24.2. The van der Waals surface area contributed by atoms with Crippen LogP contribution in [0.2, 0.25) is 5.02 Å². The van der Waals surface area contributed by atoms with E-state index in [-0.39, 0.29) is 6.04 Å². The fourth-order valence-electron chi connectivity index (χ4n) is 5.34. The van der Waals surface area contributed by atoms with E-state index < -0.39 is 11.6 Å². The molecule has 192 valence electrons. The molecule has 1 aromatic heterocycles. The van der Waals surface area contributed by atoms with E-state index in [1.165, 1.54) is 18.6 Å². The SMILES string of the molecule is Fc1cc2nc(-c3ccc(Cl)cc3)n(C(COc3ccc(OC4CC4)cc3)C3CCCCC3)c2cc1F. The van der Waals surface area contributed by atoms with Gasteiger partial charge in [0.25, 0.3) is 0 Å². The zero-order chi connectivity index (χ0) is 25.4. The highest BCUT2D eigenvalue weighted by atomic mass is 35.5. The van der Waals surface area contributed by atoms with Gasteiger partial charge in [-0.1, -0.05) is 30.9 Å². The van der Waals surface area contributed by atoms with Crippen LogP contribution in [0, 0.1) is 17.6 Å². The van der Waals surface area contributed by atoms with Crippen molar-refractivity contribution in [3.63, 3.8) is 0 Å². The molecule has 1 unspecified atom stereocenters. The van der Waals surface area contributed by atoms with E-state index in [1.54, 1.807) is 12.1 Å². The maximum atomic E-state index is 14.5. The van der Waals surface area contributed by atoms with E-state index in [2.05, 4.69) is 4.57 Å². The van der Waals surface area contributed by atoms with Crippen LogP contribution in [-0.2, 0) is 0 Å². The summed E-state index contributed by atoms with van der Waals surface area (Å²) in [5.74, 6) is 0.789. The summed E-state index contributed by atoms with van der Waals surface area (Å²) >= 11 is 6.15.